The van der Waals surface area contributed by atoms with Crippen LogP contribution in [0.25, 0.3) is 5.69 Å². The Bertz CT molecular complexity index is 1020. The van der Waals surface area contributed by atoms with Crippen molar-refractivity contribution in [1.82, 2.24) is 20.3 Å². The van der Waals surface area contributed by atoms with Crippen molar-refractivity contribution in [2.45, 2.75) is 6.42 Å². The van der Waals surface area contributed by atoms with E-state index in [-0.39, 0.29) is 30.1 Å². The van der Waals surface area contributed by atoms with Crippen LogP contribution in [0.5, 0.6) is 11.5 Å². The largest absolute Gasteiger partial charge is 0.493 e. The van der Waals surface area contributed by atoms with Crippen LogP contribution in [-0.2, 0) is 6.42 Å². The molecule has 150 valence electrons. The SMILES string of the molecule is COc1cc(CCNC(=O)c2cnn(-c3ccccc3)n2)c([N+](=O)[O-])cc1OC. The maximum Gasteiger partial charge on any atom is 0.276 e. The summed E-state index contributed by atoms with van der Waals surface area (Å²) < 4.78 is 10.3. The van der Waals surface area contributed by atoms with Gasteiger partial charge in [0.25, 0.3) is 11.6 Å². The molecule has 0 saturated heterocycles. The standard InChI is InChI=1S/C19H19N5O5/c1-28-17-10-13(16(24(26)27)11-18(17)29-2)8-9-20-19(25)15-12-21-23(22-15)14-6-4-3-5-7-14/h3-7,10-12H,8-9H2,1-2H3,(H,20,25). The van der Waals surface area contributed by atoms with Gasteiger partial charge < -0.3 is 14.8 Å². The summed E-state index contributed by atoms with van der Waals surface area (Å²) in [6.07, 6.45) is 1.59. The van der Waals surface area contributed by atoms with E-state index in [4.69, 9.17) is 9.47 Å². The summed E-state index contributed by atoms with van der Waals surface area (Å²) in [7, 11) is 2.86. The van der Waals surface area contributed by atoms with Gasteiger partial charge in [0.1, 0.15) is 0 Å². The minimum absolute atomic E-state index is 0.105. The molecule has 0 aliphatic carbocycles. The lowest BCUT2D eigenvalue weighted by atomic mass is 10.1. The first-order valence-electron chi connectivity index (χ1n) is 8.68. The number of aromatic nitrogens is 3. The fraction of sp³-hybridized carbons (Fsp3) is 0.211. The number of nitrogens with one attached hydrogen (secondary N) is 1. The molecule has 29 heavy (non-hydrogen) atoms. The highest BCUT2D eigenvalue weighted by atomic mass is 16.6. The van der Waals surface area contributed by atoms with Gasteiger partial charge in [0.05, 0.1) is 37.1 Å². The van der Waals surface area contributed by atoms with E-state index < -0.39 is 10.8 Å². The number of carbonyl (C=O) groups is 1. The molecule has 3 aromatic rings. The number of hydrogen-bond acceptors (Lipinski definition) is 7. The van der Waals surface area contributed by atoms with Gasteiger partial charge in [-0.05, 0) is 24.6 Å². The number of amides is 1. The van der Waals surface area contributed by atoms with Crippen molar-refractivity contribution >= 4 is 11.6 Å². The molecule has 3 rings (SSSR count). The Morgan fingerprint density at radius 2 is 1.86 bits per heavy atom. The molecule has 1 N–H and O–H groups in total. The second-order valence-electron chi connectivity index (χ2n) is 5.95. The number of nitrogens with zero attached hydrogens (tertiary/aromatic N) is 4. The third-order valence-corrected chi connectivity index (χ3v) is 4.17. The van der Waals surface area contributed by atoms with Gasteiger partial charge in [0.15, 0.2) is 17.2 Å². The van der Waals surface area contributed by atoms with Gasteiger partial charge >= 0.3 is 0 Å². The second kappa shape index (κ2) is 8.83. The Balaban J connectivity index is 1.67. The lowest BCUT2D eigenvalue weighted by Crippen LogP contribution is -2.26. The fourth-order valence-electron chi connectivity index (χ4n) is 2.73. The van der Waals surface area contributed by atoms with Gasteiger partial charge in [-0.3, -0.25) is 14.9 Å². The zero-order chi connectivity index (χ0) is 20.8. The topological polar surface area (TPSA) is 121 Å². The normalized spacial score (nSPS) is 10.4. The van der Waals surface area contributed by atoms with Gasteiger partial charge in [-0.15, -0.1) is 5.10 Å². The van der Waals surface area contributed by atoms with Gasteiger partial charge in [0.2, 0.25) is 0 Å². The summed E-state index contributed by atoms with van der Waals surface area (Å²) in [4.78, 5) is 24.5. The summed E-state index contributed by atoms with van der Waals surface area (Å²) in [5.74, 6) is 0.227. The zero-order valence-electron chi connectivity index (χ0n) is 15.9. The molecule has 1 heterocycles. The molecule has 0 aliphatic heterocycles. The number of ether oxygens (including phenoxy) is 2. The van der Waals surface area contributed by atoms with E-state index in [0.29, 0.717) is 11.3 Å². The molecular formula is C19H19N5O5. The summed E-state index contributed by atoms with van der Waals surface area (Å²) in [5, 5.41) is 22.3. The van der Waals surface area contributed by atoms with Crippen molar-refractivity contribution in [3.05, 3.63) is 70.0 Å². The van der Waals surface area contributed by atoms with Crippen molar-refractivity contribution in [3.63, 3.8) is 0 Å². The van der Waals surface area contributed by atoms with Crippen LogP contribution >= 0.6 is 0 Å². The molecule has 0 bridgehead atoms. The zero-order valence-corrected chi connectivity index (χ0v) is 15.9. The number of rotatable bonds is 8. The van der Waals surface area contributed by atoms with Crippen molar-refractivity contribution in [1.29, 1.82) is 0 Å². The first-order chi connectivity index (χ1) is 14.0. The molecule has 2 aromatic carbocycles. The van der Waals surface area contributed by atoms with Gasteiger partial charge in [0, 0.05) is 12.1 Å². The predicted molar refractivity (Wildman–Crippen MR) is 104 cm³/mol. The highest BCUT2D eigenvalue weighted by Crippen LogP contribution is 2.34. The van der Waals surface area contributed by atoms with Gasteiger partial charge in [-0.25, -0.2) is 0 Å². The van der Waals surface area contributed by atoms with E-state index in [0.717, 1.165) is 5.69 Å². The van der Waals surface area contributed by atoms with E-state index in [1.165, 1.54) is 37.3 Å². The average molecular weight is 397 g/mol. The monoisotopic (exact) mass is 397 g/mol. The molecule has 10 nitrogen and oxygen atoms in total. The molecule has 0 fully saturated rings. The van der Waals surface area contributed by atoms with Crippen LogP contribution in [0.3, 0.4) is 0 Å². The quantitative estimate of drug-likeness (QED) is 0.457. The number of methoxy groups -OCH3 is 2. The molecule has 1 amide bonds. The van der Waals surface area contributed by atoms with E-state index in [2.05, 4.69) is 15.5 Å². The molecule has 0 radical (unpaired) electrons. The van der Waals surface area contributed by atoms with E-state index in [1.807, 2.05) is 30.3 Å². The third-order valence-electron chi connectivity index (χ3n) is 4.17. The lowest BCUT2D eigenvalue weighted by molar-refractivity contribution is -0.385. The van der Waals surface area contributed by atoms with Crippen LogP contribution in [-0.4, -0.2) is 46.6 Å². The highest BCUT2D eigenvalue weighted by Gasteiger charge is 2.20. The highest BCUT2D eigenvalue weighted by molar-refractivity contribution is 5.91. The Hall–Kier alpha value is -3.95. The summed E-state index contributed by atoms with van der Waals surface area (Å²) >= 11 is 0. The van der Waals surface area contributed by atoms with Crippen LogP contribution in [0.15, 0.2) is 48.7 Å². The molecule has 0 aliphatic rings. The van der Waals surface area contributed by atoms with Crippen LogP contribution in [0.1, 0.15) is 16.1 Å². The average Bonchev–Trinajstić information content (AvgIpc) is 3.24. The smallest absolute Gasteiger partial charge is 0.276 e. The Kier molecular flexibility index (Phi) is 6.03. The van der Waals surface area contributed by atoms with Gasteiger partial charge in [-0.2, -0.15) is 9.90 Å². The molecule has 10 heteroatoms. The number of nitro benzene ring substituents is 1. The predicted octanol–water partition coefficient (Wildman–Crippen LogP) is 2.17. The molecular weight excluding hydrogens is 378 g/mol. The summed E-state index contributed by atoms with van der Waals surface area (Å²) in [6, 6.07) is 12.0. The van der Waals surface area contributed by atoms with E-state index in [9.17, 15) is 14.9 Å². The fourth-order valence-corrected chi connectivity index (χ4v) is 2.73. The number of para-hydroxylation sites is 1. The number of benzene rings is 2. The van der Waals surface area contributed by atoms with Gasteiger partial charge in [-0.1, -0.05) is 18.2 Å². The number of hydrogen-bond donors (Lipinski definition) is 1. The van der Waals surface area contributed by atoms with E-state index >= 15 is 0 Å². The first kappa shape index (κ1) is 19.8. The Morgan fingerprint density at radius 1 is 1.17 bits per heavy atom. The minimum Gasteiger partial charge on any atom is -0.493 e. The van der Waals surface area contributed by atoms with Crippen molar-refractivity contribution in [2.75, 3.05) is 20.8 Å². The van der Waals surface area contributed by atoms with Crippen LogP contribution in [0, 0.1) is 10.1 Å². The molecule has 1 aromatic heterocycles. The molecule has 0 atom stereocenters. The first-order valence-corrected chi connectivity index (χ1v) is 8.68. The molecule has 0 unspecified atom stereocenters. The van der Waals surface area contributed by atoms with Crippen LogP contribution < -0.4 is 14.8 Å². The molecule has 0 spiro atoms. The maximum atomic E-state index is 12.3. The van der Waals surface area contributed by atoms with Crippen molar-refractivity contribution in [2.24, 2.45) is 0 Å². The lowest BCUT2D eigenvalue weighted by Gasteiger charge is -2.10. The Labute approximate surface area is 166 Å². The van der Waals surface area contributed by atoms with Crippen LogP contribution in [0.2, 0.25) is 0 Å². The summed E-state index contributed by atoms with van der Waals surface area (Å²) in [5.41, 5.74) is 1.19. The van der Waals surface area contributed by atoms with Crippen molar-refractivity contribution in [3.8, 4) is 17.2 Å². The van der Waals surface area contributed by atoms with E-state index in [1.54, 1.807) is 0 Å². The summed E-state index contributed by atoms with van der Waals surface area (Å²) in [6.45, 7) is 0.174. The second-order valence-corrected chi connectivity index (χ2v) is 5.95. The number of carbonyl (C=O) groups excluding carboxylic acids is 1. The third kappa shape index (κ3) is 4.49. The number of nitro groups is 1. The maximum absolute atomic E-state index is 12.3. The van der Waals surface area contributed by atoms with Crippen molar-refractivity contribution < 1.29 is 19.2 Å². The molecule has 0 saturated carbocycles. The minimum atomic E-state index is -0.495. The van der Waals surface area contributed by atoms with Crippen LogP contribution in [0.4, 0.5) is 5.69 Å². The Morgan fingerprint density at radius 3 is 2.52 bits per heavy atom.